The van der Waals surface area contributed by atoms with Crippen LogP contribution in [0.25, 0.3) is 11.0 Å². The summed E-state index contributed by atoms with van der Waals surface area (Å²) >= 11 is 0.829. The van der Waals surface area contributed by atoms with Crippen molar-refractivity contribution in [2.45, 2.75) is 68.7 Å². The molecule has 0 spiro atoms. The number of esters is 1. The molecule has 4 aromatic rings. The Morgan fingerprint density at radius 3 is 2.46 bits per heavy atom. The van der Waals surface area contributed by atoms with Gasteiger partial charge in [0.25, 0.3) is 0 Å². The number of pyridine rings is 1. The van der Waals surface area contributed by atoms with Gasteiger partial charge in [-0.2, -0.15) is 13.2 Å². The summed E-state index contributed by atoms with van der Waals surface area (Å²) in [5.74, 6) is -1.20. The summed E-state index contributed by atoms with van der Waals surface area (Å²) in [6.07, 6.45) is -3.64. The minimum atomic E-state index is -4.53. The quantitative estimate of drug-likeness (QED) is 0.0729. The molecule has 16 heteroatoms. The Kier molecular flexibility index (Phi) is 12.3. The van der Waals surface area contributed by atoms with Gasteiger partial charge in [0.1, 0.15) is 5.75 Å². The molecule has 0 bridgehead atoms. The lowest BCUT2D eigenvalue weighted by Crippen LogP contribution is -2.40. The minimum absolute atomic E-state index is 0.0311. The monoisotopic (exact) mass is 705 g/mol. The first-order chi connectivity index (χ1) is 22.8. The molecular formula is C32H34F3N5O6S2. The lowest BCUT2D eigenvalue weighted by Gasteiger charge is -2.30. The van der Waals surface area contributed by atoms with Crippen molar-refractivity contribution in [3.05, 3.63) is 88.6 Å². The van der Waals surface area contributed by atoms with Crippen molar-refractivity contribution < 1.29 is 36.4 Å². The fourth-order valence-corrected chi connectivity index (χ4v) is 6.44. The average Bonchev–Trinajstić information content (AvgIpc) is 3.41. The molecule has 0 fully saturated rings. The lowest BCUT2D eigenvalue weighted by molar-refractivity contribution is -0.153. The molecule has 0 saturated carbocycles. The van der Waals surface area contributed by atoms with E-state index in [1.54, 1.807) is 43.0 Å². The molecule has 2 aromatic carbocycles. The molecule has 256 valence electrons. The first-order valence-corrected chi connectivity index (χ1v) is 16.8. The van der Waals surface area contributed by atoms with E-state index in [9.17, 15) is 31.9 Å². The van der Waals surface area contributed by atoms with Gasteiger partial charge in [-0.3, -0.25) is 23.3 Å². The van der Waals surface area contributed by atoms with Gasteiger partial charge in [-0.25, -0.2) is 4.98 Å². The van der Waals surface area contributed by atoms with Crippen molar-refractivity contribution in [1.29, 1.82) is 0 Å². The number of hydrogen-bond donors (Lipinski definition) is 0. The van der Waals surface area contributed by atoms with E-state index >= 15 is 0 Å². The molecule has 2 heterocycles. The summed E-state index contributed by atoms with van der Waals surface area (Å²) in [6.45, 7) is 3.78. The summed E-state index contributed by atoms with van der Waals surface area (Å²) in [5, 5.41) is 0.0699. The van der Waals surface area contributed by atoms with Crippen LogP contribution in [0.5, 0.6) is 5.75 Å². The average molecular weight is 706 g/mol. The number of halogens is 3. The summed E-state index contributed by atoms with van der Waals surface area (Å²) in [4.78, 5) is 47.3. The Morgan fingerprint density at radius 1 is 1.04 bits per heavy atom. The van der Waals surface area contributed by atoms with Gasteiger partial charge < -0.3 is 14.4 Å². The molecule has 0 N–H and O–H groups in total. The van der Waals surface area contributed by atoms with Crippen LogP contribution in [0.15, 0.2) is 76.6 Å². The molecule has 11 nitrogen and oxygen atoms in total. The normalized spacial score (nSPS) is 12.5. The number of amides is 1. The highest BCUT2D eigenvalue weighted by atomic mass is 32.2. The standard InChI is InChI=1S/C32H34F3N5O6S2/c1-22-25(36-16-15-27(22)45-20-32(33,34)35)18-48(44)30-37-24-11-7-8-12-26(24)40(30)21-46-29(42)14-13-28(41)39(19-31(2,3)47-38-43)17-23-9-5-4-6-10-23/h4-12,15-16H,13-14,17-21H2,1-3H3. The number of nitrogens with zero attached hydrogens (tertiary/aromatic N) is 5. The number of rotatable bonds is 16. The summed E-state index contributed by atoms with van der Waals surface area (Å²) < 4.78 is 65.8. The maximum Gasteiger partial charge on any atom is 0.422 e. The van der Waals surface area contributed by atoms with Gasteiger partial charge in [-0.05, 0) is 44.5 Å². The molecule has 0 aliphatic rings. The number of ether oxygens (including phenoxy) is 2. The van der Waals surface area contributed by atoms with Gasteiger partial charge in [0.05, 0.1) is 44.4 Å². The summed E-state index contributed by atoms with van der Waals surface area (Å²) in [6, 6.07) is 17.5. The third-order valence-electron chi connectivity index (χ3n) is 7.06. The van der Waals surface area contributed by atoms with Crippen LogP contribution >= 0.6 is 11.9 Å². The zero-order chi connectivity index (χ0) is 34.9. The fourth-order valence-electron chi connectivity index (χ4n) is 4.76. The fraction of sp³-hybridized carbons (Fsp3) is 0.375. The van der Waals surface area contributed by atoms with Crippen molar-refractivity contribution >= 4 is 45.7 Å². The second kappa shape index (κ2) is 16.2. The zero-order valence-corrected chi connectivity index (χ0v) is 28.1. The largest absolute Gasteiger partial charge is 0.484 e. The van der Waals surface area contributed by atoms with E-state index in [1.807, 2.05) is 30.3 Å². The number of nitroso groups, excluding NO2 is 1. The van der Waals surface area contributed by atoms with Crippen LogP contribution < -0.4 is 4.74 Å². The first-order valence-electron chi connectivity index (χ1n) is 14.7. The number of benzene rings is 2. The number of alkyl halides is 3. The highest BCUT2D eigenvalue weighted by molar-refractivity contribution is 7.99. The van der Waals surface area contributed by atoms with E-state index in [2.05, 4.69) is 14.6 Å². The molecule has 4 rings (SSSR count). The lowest BCUT2D eigenvalue weighted by atomic mass is 10.1. The number of carbonyl (C=O) groups excluding carboxylic acids is 2. The van der Waals surface area contributed by atoms with Crippen LogP contribution in [-0.2, 0) is 44.2 Å². The third-order valence-corrected chi connectivity index (χ3v) is 9.02. The molecule has 0 aliphatic heterocycles. The second-order valence-corrected chi connectivity index (χ2v) is 14.2. The molecule has 1 atom stereocenters. The van der Waals surface area contributed by atoms with Crippen molar-refractivity contribution in [3.63, 3.8) is 0 Å². The van der Waals surface area contributed by atoms with E-state index in [4.69, 9.17) is 9.47 Å². The number of fused-ring (bicyclic) bond motifs is 1. The van der Waals surface area contributed by atoms with E-state index in [1.165, 1.54) is 23.8 Å². The topological polar surface area (TPSA) is 133 Å². The Bertz CT molecular complexity index is 1770. The molecule has 0 saturated heterocycles. The van der Waals surface area contributed by atoms with Gasteiger partial charge in [0.15, 0.2) is 13.3 Å². The van der Waals surface area contributed by atoms with E-state index < -0.39 is 34.3 Å². The predicted octanol–water partition coefficient (Wildman–Crippen LogP) is 6.49. The van der Waals surface area contributed by atoms with E-state index in [-0.39, 0.29) is 60.9 Å². The van der Waals surface area contributed by atoms with Gasteiger partial charge in [0, 0.05) is 47.8 Å². The second-order valence-electron chi connectivity index (χ2n) is 11.4. The smallest absolute Gasteiger partial charge is 0.422 e. The highest BCUT2D eigenvalue weighted by Crippen LogP contribution is 2.28. The van der Waals surface area contributed by atoms with Crippen molar-refractivity contribution in [3.8, 4) is 5.75 Å². The number of carbonyl (C=O) groups is 2. The molecule has 2 aromatic heterocycles. The van der Waals surface area contributed by atoms with Crippen LogP contribution in [0.1, 0.15) is 43.5 Å². The van der Waals surface area contributed by atoms with Crippen LogP contribution in [0.3, 0.4) is 0 Å². The number of hydrogen-bond acceptors (Lipinski definition) is 10. The SMILES string of the molecule is Cc1c(OCC(F)(F)F)ccnc1CS(=O)c1nc2ccccc2n1COC(=O)CCC(=O)N(Cc1ccccc1)CC(C)(C)SN=O. The van der Waals surface area contributed by atoms with Crippen LogP contribution in [0.4, 0.5) is 13.2 Å². The van der Waals surface area contributed by atoms with Crippen molar-refractivity contribution in [2.24, 2.45) is 4.58 Å². The summed E-state index contributed by atoms with van der Waals surface area (Å²) in [5.41, 5.74) is 2.47. The van der Waals surface area contributed by atoms with Crippen LogP contribution in [0.2, 0.25) is 0 Å². The third kappa shape index (κ3) is 10.3. The van der Waals surface area contributed by atoms with Gasteiger partial charge in [-0.1, -0.05) is 42.5 Å². The molecule has 1 unspecified atom stereocenters. The molecule has 48 heavy (non-hydrogen) atoms. The minimum Gasteiger partial charge on any atom is -0.484 e. The maximum absolute atomic E-state index is 13.6. The summed E-state index contributed by atoms with van der Waals surface area (Å²) in [7, 11) is -1.85. The predicted molar refractivity (Wildman–Crippen MR) is 175 cm³/mol. The van der Waals surface area contributed by atoms with Crippen molar-refractivity contribution in [2.75, 3.05) is 13.2 Å². The Balaban J connectivity index is 1.44. The van der Waals surface area contributed by atoms with Gasteiger partial charge >= 0.3 is 12.1 Å². The number of aromatic nitrogens is 3. The van der Waals surface area contributed by atoms with Gasteiger partial charge in [0.2, 0.25) is 11.1 Å². The molecule has 0 aliphatic carbocycles. The highest BCUT2D eigenvalue weighted by Gasteiger charge is 2.30. The van der Waals surface area contributed by atoms with Crippen molar-refractivity contribution in [1.82, 2.24) is 19.4 Å². The molecular weight excluding hydrogens is 672 g/mol. The Labute approximate surface area is 281 Å². The first kappa shape index (κ1) is 36.5. The zero-order valence-electron chi connectivity index (χ0n) is 26.4. The van der Waals surface area contributed by atoms with Gasteiger partial charge in [-0.15, -0.1) is 4.91 Å². The van der Waals surface area contributed by atoms with E-state index in [0.29, 0.717) is 16.6 Å². The Morgan fingerprint density at radius 2 is 1.75 bits per heavy atom. The van der Waals surface area contributed by atoms with E-state index in [0.717, 1.165) is 17.5 Å². The van der Waals surface area contributed by atoms with Crippen LogP contribution in [0, 0.1) is 11.8 Å². The van der Waals surface area contributed by atoms with Crippen LogP contribution in [-0.4, -0.2) is 59.6 Å². The maximum atomic E-state index is 13.6. The molecule has 0 radical (unpaired) electrons. The number of imidazole rings is 1. The number of para-hydroxylation sites is 2. The Hall–Kier alpha value is -4.31. The molecule has 1 amide bonds.